The molecule has 2 rings (SSSR count). The Morgan fingerprint density at radius 1 is 1.39 bits per heavy atom. The molecule has 0 aliphatic heterocycles. The molecule has 0 aliphatic rings. The molecule has 18 heavy (non-hydrogen) atoms. The summed E-state index contributed by atoms with van der Waals surface area (Å²) in [6.45, 7) is 0. The van der Waals surface area contributed by atoms with Crippen LogP contribution in [0, 0.1) is 5.82 Å². The van der Waals surface area contributed by atoms with E-state index in [1.54, 1.807) is 12.1 Å². The zero-order valence-corrected chi connectivity index (χ0v) is 9.51. The molecule has 0 saturated heterocycles. The van der Waals surface area contributed by atoms with Crippen molar-refractivity contribution in [3.63, 3.8) is 0 Å². The number of carboxylic acid groups (broad SMARTS) is 1. The molecule has 0 aliphatic carbocycles. The molecular weight excluding hydrogens is 237 g/mol. The number of carbonyl (C=O) groups is 1. The van der Waals surface area contributed by atoms with Crippen LogP contribution in [0.2, 0.25) is 0 Å². The topological polar surface area (TPSA) is 81.1 Å². The number of benzene rings is 1. The van der Waals surface area contributed by atoms with Crippen molar-refractivity contribution in [3.8, 4) is 5.69 Å². The number of nitrogen functional groups attached to an aromatic ring is 1. The summed E-state index contributed by atoms with van der Waals surface area (Å²) in [5.74, 6) is -0.845. The van der Waals surface area contributed by atoms with Gasteiger partial charge in [0.15, 0.2) is 0 Å². The van der Waals surface area contributed by atoms with Crippen molar-refractivity contribution in [2.75, 3.05) is 5.73 Å². The van der Waals surface area contributed by atoms with Crippen LogP contribution in [0.15, 0.2) is 30.5 Å². The van der Waals surface area contributed by atoms with E-state index in [-0.39, 0.29) is 12.2 Å². The molecule has 0 radical (unpaired) electrons. The Morgan fingerprint density at radius 3 is 2.67 bits per heavy atom. The molecule has 0 fully saturated rings. The van der Waals surface area contributed by atoms with E-state index in [0.717, 1.165) is 0 Å². The van der Waals surface area contributed by atoms with Crippen LogP contribution < -0.4 is 5.73 Å². The molecule has 94 valence electrons. The third-order valence-electron chi connectivity index (χ3n) is 2.57. The van der Waals surface area contributed by atoms with Gasteiger partial charge in [-0.15, -0.1) is 0 Å². The second kappa shape index (κ2) is 4.87. The number of anilines is 1. The number of hydrogen-bond donors (Lipinski definition) is 2. The summed E-state index contributed by atoms with van der Waals surface area (Å²) in [6.07, 6.45) is 1.85. The molecular formula is C12H12FN3O2. The number of rotatable bonds is 4. The van der Waals surface area contributed by atoms with Crippen molar-refractivity contribution < 1.29 is 14.3 Å². The average Bonchev–Trinajstić information content (AvgIpc) is 2.69. The second-order valence-corrected chi connectivity index (χ2v) is 3.84. The Morgan fingerprint density at radius 2 is 2.06 bits per heavy atom. The van der Waals surface area contributed by atoms with Crippen molar-refractivity contribution in [1.82, 2.24) is 9.78 Å². The Bertz CT molecular complexity index is 563. The minimum atomic E-state index is -0.885. The number of hydrogen-bond acceptors (Lipinski definition) is 3. The number of halogens is 1. The largest absolute Gasteiger partial charge is 0.481 e. The monoisotopic (exact) mass is 249 g/mol. The summed E-state index contributed by atoms with van der Waals surface area (Å²) in [5, 5.41) is 12.7. The van der Waals surface area contributed by atoms with Gasteiger partial charge in [-0.25, -0.2) is 9.07 Å². The van der Waals surface area contributed by atoms with Crippen molar-refractivity contribution in [2.24, 2.45) is 0 Å². The zero-order valence-electron chi connectivity index (χ0n) is 9.51. The number of aliphatic carboxylic acids is 1. The van der Waals surface area contributed by atoms with Crippen LogP contribution in [0.3, 0.4) is 0 Å². The fraction of sp³-hybridized carbons (Fsp3) is 0.167. The Balaban J connectivity index is 2.25. The van der Waals surface area contributed by atoms with E-state index in [1.807, 2.05) is 0 Å². The number of carboxylic acids is 1. The van der Waals surface area contributed by atoms with E-state index in [1.165, 1.54) is 23.0 Å². The Kier molecular flexibility index (Phi) is 3.27. The summed E-state index contributed by atoms with van der Waals surface area (Å²) < 4.78 is 14.2. The van der Waals surface area contributed by atoms with Crippen molar-refractivity contribution >= 4 is 11.8 Å². The lowest BCUT2D eigenvalue weighted by Gasteiger charge is -2.04. The first-order valence-electron chi connectivity index (χ1n) is 5.38. The predicted molar refractivity (Wildman–Crippen MR) is 63.9 cm³/mol. The molecule has 0 atom stereocenters. The maximum Gasteiger partial charge on any atom is 0.303 e. The lowest BCUT2D eigenvalue weighted by atomic mass is 10.2. The summed E-state index contributed by atoms with van der Waals surface area (Å²) in [4.78, 5) is 10.5. The van der Waals surface area contributed by atoms with Crippen LogP contribution in [0.4, 0.5) is 10.2 Å². The quantitative estimate of drug-likeness (QED) is 0.862. The summed E-state index contributed by atoms with van der Waals surface area (Å²) in [6, 6.07) is 5.74. The standard InChI is InChI=1S/C12H12FN3O2/c13-9-2-4-10(5-3-9)16-12(14)8(7-15-16)1-6-11(17)18/h2-5,7H,1,6,14H2,(H,17,18). The number of aryl methyl sites for hydroxylation is 1. The molecule has 3 N–H and O–H groups in total. The van der Waals surface area contributed by atoms with E-state index in [2.05, 4.69) is 5.10 Å². The number of nitrogens with two attached hydrogens (primary N) is 1. The predicted octanol–water partition coefficient (Wildman–Crippen LogP) is 1.61. The van der Waals surface area contributed by atoms with Gasteiger partial charge in [-0.1, -0.05) is 0 Å². The highest BCUT2D eigenvalue weighted by molar-refractivity contribution is 5.67. The van der Waals surface area contributed by atoms with Crippen molar-refractivity contribution in [3.05, 3.63) is 41.8 Å². The lowest BCUT2D eigenvalue weighted by Crippen LogP contribution is -2.04. The van der Waals surface area contributed by atoms with Crippen LogP contribution in [0.5, 0.6) is 0 Å². The molecule has 0 saturated carbocycles. The van der Waals surface area contributed by atoms with Gasteiger partial charge in [0.2, 0.25) is 0 Å². The van der Waals surface area contributed by atoms with Gasteiger partial charge < -0.3 is 10.8 Å². The minimum Gasteiger partial charge on any atom is -0.481 e. The zero-order chi connectivity index (χ0) is 13.1. The highest BCUT2D eigenvalue weighted by Crippen LogP contribution is 2.18. The molecule has 1 aromatic carbocycles. The summed E-state index contributed by atoms with van der Waals surface area (Å²) in [7, 11) is 0. The van der Waals surface area contributed by atoms with E-state index in [0.29, 0.717) is 23.5 Å². The van der Waals surface area contributed by atoms with Gasteiger partial charge in [0, 0.05) is 12.0 Å². The van der Waals surface area contributed by atoms with Crippen molar-refractivity contribution in [1.29, 1.82) is 0 Å². The van der Waals surface area contributed by atoms with Gasteiger partial charge >= 0.3 is 5.97 Å². The summed E-state index contributed by atoms with van der Waals surface area (Å²) in [5.41, 5.74) is 7.18. The second-order valence-electron chi connectivity index (χ2n) is 3.84. The van der Waals surface area contributed by atoms with Crippen LogP contribution >= 0.6 is 0 Å². The van der Waals surface area contributed by atoms with Gasteiger partial charge in [0.1, 0.15) is 11.6 Å². The van der Waals surface area contributed by atoms with E-state index in [9.17, 15) is 9.18 Å². The number of nitrogens with zero attached hydrogens (tertiary/aromatic N) is 2. The lowest BCUT2D eigenvalue weighted by molar-refractivity contribution is -0.136. The van der Waals surface area contributed by atoms with E-state index < -0.39 is 5.97 Å². The van der Waals surface area contributed by atoms with Gasteiger partial charge in [-0.2, -0.15) is 5.10 Å². The molecule has 1 heterocycles. The van der Waals surface area contributed by atoms with Crippen LogP contribution in [0.25, 0.3) is 5.69 Å². The van der Waals surface area contributed by atoms with Gasteiger partial charge in [0.05, 0.1) is 11.9 Å². The van der Waals surface area contributed by atoms with Crippen LogP contribution in [-0.4, -0.2) is 20.9 Å². The molecule has 0 amide bonds. The molecule has 6 heteroatoms. The molecule has 5 nitrogen and oxygen atoms in total. The summed E-state index contributed by atoms with van der Waals surface area (Å²) >= 11 is 0. The maximum absolute atomic E-state index is 12.8. The molecule has 0 unspecified atom stereocenters. The first-order chi connectivity index (χ1) is 8.58. The fourth-order valence-corrected chi connectivity index (χ4v) is 1.61. The Labute approximate surface area is 103 Å². The SMILES string of the molecule is Nc1c(CCC(=O)O)cnn1-c1ccc(F)cc1. The van der Waals surface area contributed by atoms with E-state index in [4.69, 9.17) is 10.8 Å². The normalized spacial score (nSPS) is 10.5. The van der Waals surface area contributed by atoms with Gasteiger partial charge in [-0.3, -0.25) is 4.79 Å². The first kappa shape index (κ1) is 12.1. The molecule has 2 aromatic rings. The van der Waals surface area contributed by atoms with Gasteiger partial charge in [0.25, 0.3) is 0 Å². The highest BCUT2D eigenvalue weighted by atomic mass is 19.1. The minimum absolute atomic E-state index is 0.000683. The fourth-order valence-electron chi connectivity index (χ4n) is 1.61. The number of aromatic nitrogens is 2. The molecule has 1 aromatic heterocycles. The third-order valence-corrected chi connectivity index (χ3v) is 2.57. The van der Waals surface area contributed by atoms with E-state index >= 15 is 0 Å². The van der Waals surface area contributed by atoms with Crippen LogP contribution in [-0.2, 0) is 11.2 Å². The maximum atomic E-state index is 12.8. The van der Waals surface area contributed by atoms with Crippen LogP contribution in [0.1, 0.15) is 12.0 Å². The Hall–Kier alpha value is -2.37. The first-order valence-corrected chi connectivity index (χ1v) is 5.38. The molecule has 0 bridgehead atoms. The van der Waals surface area contributed by atoms with Crippen molar-refractivity contribution in [2.45, 2.75) is 12.8 Å². The highest BCUT2D eigenvalue weighted by Gasteiger charge is 2.10. The molecule has 0 spiro atoms. The average molecular weight is 249 g/mol. The third kappa shape index (κ3) is 2.48. The van der Waals surface area contributed by atoms with Gasteiger partial charge in [-0.05, 0) is 30.7 Å². The smallest absolute Gasteiger partial charge is 0.303 e.